The summed E-state index contributed by atoms with van der Waals surface area (Å²) < 4.78 is 1.78. The van der Waals surface area contributed by atoms with Crippen molar-refractivity contribution < 1.29 is 0 Å². The molecule has 0 aromatic carbocycles. The first-order valence-corrected chi connectivity index (χ1v) is 4.88. The Labute approximate surface area is 92.7 Å². The molecule has 0 aliphatic heterocycles. The molecule has 5 heteroatoms. The zero-order valence-electron chi connectivity index (χ0n) is 8.53. The van der Waals surface area contributed by atoms with Gasteiger partial charge < -0.3 is 5.73 Å². The molecule has 15 heavy (non-hydrogen) atoms. The van der Waals surface area contributed by atoms with Gasteiger partial charge >= 0.3 is 0 Å². The molecule has 2 heterocycles. The van der Waals surface area contributed by atoms with Gasteiger partial charge in [-0.3, -0.25) is 9.67 Å². The smallest absolute Gasteiger partial charge is 0.112 e. The number of nitrogen functional groups attached to an aromatic ring is 1. The quantitative estimate of drug-likeness (QED) is 0.803. The summed E-state index contributed by atoms with van der Waals surface area (Å²) in [6.07, 6.45) is 1.57. The second-order valence-corrected chi connectivity index (χ2v) is 3.80. The molecule has 4 nitrogen and oxygen atoms in total. The number of hydrogen-bond acceptors (Lipinski definition) is 3. The highest BCUT2D eigenvalue weighted by atomic mass is 35.5. The highest BCUT2D eigenvalue weighted by Crippen LogP contribution is 2.26. The van der Waals surface area contributed by atoms with Gasteiger partial charge in [0, 0.05) is 12.7 Å². The summed E-state index contributed by atoms with van der Waals surface area (Å²) in [4.78, 5) is 4.17. The minimum Gasteiger partial charge on any atom is -0.397 e. The number of anilines is 1. The number of nitrogens with zero attached hydrogens (tertiary/aromatic N) is 3. The molecule has 0 aliphatic carbocycles. The van der Waals surface area contributed by atoms with Gasteiger partial charge in [0.25, 0.3) is 0 Å². The maximum atomic E-state index is 6.03. The van der Waals surface area contributed by atoms with Crippen molar-refractivity contribution in [2.24, 2.45) is 7.05 Å². The van der Waals surface area contributed by atoms with Gasteiger partial charge in [-0.25, -0.2) is 0 Å². The maximum absolute atomic E-state index is 6.03. The summed E-state index contributed by atoms with van der Waals surface area (Å²) in [5.74, 6) is 0. The summed E-state index contributed by atoms with van der Waals surface area (Å²) in [5, 5.41) is 4.82. The molecule has 2 N–H and O–H groups in total. The van der Waals surface area contributed by atoms with Gasteiger partial charge in [0.15, 0.2) is 0 Å². The van der Waals surface area contributed by atoms with Crippen LogP contribution in [0.2, 0.25) is 5.02 Å². The Balaban J connectivity index is 2.54. The number of nitrogens with two attached hydrogens (primary N) is 1. The first-order chi connectivity index (χ1) is 7.08. The van der Waals surface area contributed by atoms with Gasteiger partial charge in [-0.05, 0) is 19.1 Å². The van der Waals surface area contributed by atoms with Crippen molar-refractivity contribution in [1.29, 1.82) is 0 Å². The largest absolute Gasteiger partial charge is 0.397 e. The molecule has 0 saturated heterocycles. The van der Waals surface area contributed by atoms with E-state index in [0.29, 0.717) is 16.4 Å². The third kappa shape index (κ3) is 1.80. The number of pyridine rings is 1. The molecule has 0 unspecified atom stereocenters. The molecule has 0 spiro atoms. The summed E-state index contributed by atoms with van der Waals surface area (Å²) >= 11 is 6.03. The summed E-state index contributed by atoms with van der Waals surface area (Å²) in [6, 6.07) is 3.61. The van der Waals surface area contributed by atoms with Crippen LogP contribution in [-0.4, -0.2) is 14.8 Å². The Bertz CT molecular complexity index is 485. The topological polar surface area (TPSA) is 56.7 Å². The lowest BCUT2D eigenvalue weighted by molar-refractivity contribution is 0.742. The molecule has 0 amide bonds. The van der Waals surface area contributed by atoms with E-state index < -0.39 is 0 Å². The van der Waals surface area contributed by atoms with E-state index in [2.05, 4.69) is 10.1 Å². The van der Waals surface area contributed by atoms with E-state index >= 15 is 0 Å². The van der Waals surface area contributed by atoms with Gasteiger partial charge in [-0.1, -0.05) is 11.6 Å². The lowest BCUT2D eigenvalue weighted by Gasteiger charge is -2.00. The zero-order chi connectivity index (χ0) is 11.0. The fourth-order valence-electron chi connectivity index (χ4n) is 1.32. The van der Waals surface area contributed by atoms with Crippen LogP contribution in [0.3, 0.4) is 0 Å². The van der Waals surface area contributed by atoms with Crippen LogP contribution in [-0.2, 0) is 7.05 Å². The number of aromatic nitrogens is 3. The summed E-state index contributed by atoms with van der Waals surface area (Å²) in [6.45, 7) is 1.97. The van der Waals surface area contributed by atoms with Crippen LogP contribution in [0.4, 0.5) is 5.69 Å². The number of halogens is 1. The molecular formula is C10H11ClN4. The van der Waals surface area contributed by atoms with Gasteiger partial charge in [-0.15, -0.1) is 0 Å². The van der Waals surface area contributed by atoms with E-state index in [4.69, 9.17) is 17.3 Å². The molecule has 0 atom stereocenters. The molecule has 2 rings (SSSR count). The normalized spacial score (nSPS) is 10.6. The molecular weight excluding hydrogens is 212 g/mol. The van der Waals surface area contributed by atoms with Gasteiger partial charge in [-0.2, -0.15) is 5.10 Å². The molecule has 0 bridgehead atoms. The van der Waals surface area contributed by atoms with E-state index in [1.807, 2.05) is 20.0 Å². The fraction of sp³-hybridized carbons (Fsp3) is 0.200. The summed E-state index contributed by atoms with van der Waals surface area (Å²) in [5.41, 5.74) is 8.60. The fourth-order valence-corrected chi connectivity index (χ4v) is 1.59. The SMILES string of the molecule is Cc1cc(-c2ncc(N)cc2Cl)nn1C. The highest BCUT2D eigenvalue weighted by molar-refractivity contribution is 6.33. The Hall–Kier alpha value is -1.55. The Morgan fingerprint density at radius 1 is 1.40 bits per heavy atom. The van der Waals surface area contributed by atoms with Crippen molar-refractivity contribution in [2.45, 2.75) is 6.92 Å². The predicted octanol–water partition coefficient (Wildman–Crippen LogP) is 2.03. The molecule has 2 aromatic rings. The van der Waals surface area contributed by atoms with Gasteiger partial charge in [0.1, 0.15) is 11.4 Å². The molecule has 0 aliphatic rings. The molecule has 78 valence electrons. The Morgan fingerprint density at radius 3 is 2.67 bits per heavy atom. The lowest BCUT2D eigenvalue weighted by atomic mass is 10.2. The first-order valence-electron chi connectivity index (χ1n) is 4.50. The van der Waals surface area contributed by atoms with Crippen LogP contribution < -0.4 is 5.73 Å². The third-order valence-corrected chi connectivity index (χ3v) is 2.51. The van der Waals surface area contributed by atoms with Gasteiger partial charge in [0.05, 0.1) is 16.9 Å². The summed E-state index contributed by atoms with van der Waals surface area (Å²) in [7, 11) is 1.88. The van der Waals surface area contributed by atoms with Crippen molar-refractivity contribution in [2.75, 3.05) is 5.73 Å². The van der Waals surface area contributed by atoms with E-state index in [0.717, 1.165) is 11.4 Å². The zero-order valence-corrected chi connectivity index (χ0v) is 9.28. The van der Waals surface area contributed by atoms with Crippen molar-refractivity contribution >= 4 is 17.3 Å². The molecule has 0 radical (unpaired) electrons. The molecule has 0 fully saturated rings. The minimum absolute atomic E-state index is 0.521. The first kappa shape index (κ1) is 9.98. The van der Waals surface area contributed by atoms with Crippen molar-refractivity contribution in [1.82, 2.24) is 14.8 Å². The van der Waals surface area contributed by atoms with Crippen LogP contribution in [0.15, 0.2) is 18.3 Å². The van der Waals surface area contributed by atoms with Crippen molar-refractivity contribution in [3.63, 3.8) is 0 Å². The van der Waals surface area contributed by atoms with Crippen LogP contribution >= 0.6 is 11.6 Å². The third-order valence-electron chi connectivity index (χ3n) is 2.22. The van der Waals surface area contributed by atoms with E-state index in [9.17, 15) is 0 Å². The maximum Gasteiger partial charge on any atom is 0.112 e. The number of aryl methyl sites for hydroxylation is 2. The van der Waals surface area contributed by atoms with E-state index in [1.165, 1.54) is 0 Å². The van der Waals surface area contributed by atoms with Crippen molar-refractivity contribution in [3.8, 4) is 11.4 Å². The standard InChI is InChI=1S/C10H11ClN4/c1-6-3-9(14-15(6)2)10-8(11)4-7(12)5-13-10/h3-5H,12H2,1-2H3. The average Bonchev–Trinajstić information content (AvgIpc) is 2.46. The van der Waals surface area contributed by atoms with E-state index in [1.54, 1.807) is 16.9 Å². The minimum atomic E-state index is 0.521. The second kappa shape index (κ2) is 3.55. The lowest BCUT2D eigenvalue weighted by Crippen LogP contribution is -1.94. The molecule has 2 aromatic heterocycles. The predicted molar refractivity (Wildman–Crippen MR) is 60.6 cm³/mol. The van der Waals surface area contributed by atoms with E-state index in [-0.39, 0.29) is 0 Å². The molecule has 0 saturated carbocycles. The van der Waals surface area contributed by atoms with Crippen LogP contribution in [0, 0.1) is 6.92 Å². The van der Waals surface area contributed by atoms with Crippen LogP contribution in [0.25, 0.3) is 11.4 Å². The Morgan fingerprint density at radius 2 is 2.13 bits per heavy atom. The van der Waals surface area contributed by atoms with Crippen LogP contribution in [0.5, 0.6) is 0 Å². The highest BCUT2D eigenvalue weighted by Gasteiger charge is 2.09. The van der Waals surface area contributed by atoms with Crippen molar-refractivity contribution in [3.05, 3.63) is 29.0 Å². The second-order valence-electron chi connectivity index (χ2n) is 3.39. The Kier molecular flexibility index (Phi) is 2.36. The van der Waals surface area contributed by atoms with Gasteiger partial charge in [0.2, 0.25) is 0 Å². The average molecular weight is 223 g/mol. The van der Waals surface area contributed by atoms with Crippen LogP contribution in [0.1, 0.15) is 5.69 Å². The monoisotopic (exact) mass is 222 g/mol. The number of hydrogen-bond donors (Lipinski definition) is 1. The number of rotatable bonds is 1.